The number of hydrogen-bond donors (Lipinski definition) is 2. The summed E-state index contributed by atoms with van der Waals surface area (Å²) in [4.78, 5) is 25.2. The maximum atomic E-state index is 12.3. The monoisotopic (exact) mass is 310 g/mol. The third-order valence-electron chi connectivity index (χ3n) is 3.43. The Hall–Kier alpha value is -1.69. The number of hydrogen-bond acceptors (Lipinski definition) is 3. The quantitative estimate of drug-likeness (QED) is 0.846. The largest absolute Gasteiger partial charge is 0.478 e. The van der Waals surface area contributed by atoms with E-state index in [1.54, 1.807) is 42.8 Å². The van der Waals surface area contributed by atoms with E-state index in [9.17, 15) is 14.7 Å². The van der Waals surface area contributed by atoms with Crippen LogP contribution in [-0.4, -0.2) is 47.1 Å². The van der Waals surface area contributed by atoms with Crippen molar-refractivity contribution in [2.45, 2.75) is 26.3 Å². The fourth-order valence-electron chi connectivity index (χ4n) is 2.07. The summed E-state index contributed by atoms with van der Waals surface area (Å²) in [7, 11) is 1.73. The first-order chi connectivity index (χ1) is 9.92. The van der Waals surface area contributed by atoms with Crippen molar-refractivity contribution in [2.24, 2.45) is 0 Å². The molecular formula is C15H22N2O3S. The summed E-state index contributed by atoms with van der Waals surface area (Å²) in [6.45, 7) is 3.81. The van der Waals surface area contributed by atoms with Gasteiger partial charge in [0.1, 0.15) is 0 Å². The molecule has 0 aliphatic carbocycles. The Morgan fingerprint density at radius 3 is 2.62 bits per heavy atom. The van der Waals surface area contributed by atoms with Crippen LogP contribution in [0.4, 0.5) is 10.5 Å². The van der Waals surface area contributed by atoms with Gasteiger partial charge < -0.3 is 15.3 Å². The van der Waals surface area contributed by atoms with Crippen molar-refractivity contribution in [1.82, 2.24) is 4.90 Å². The summed E-state index contributed by atoms with van der Waals surface area (Å²) in [5, 5.41) is 11.9. The number of benzene rings is 1. The molecule has 1 rings (SSSR count). The molecular weight excluding hydrogens is 288 g/mol. The van der Waals surface area contributed by atoms with E-state index in [4.69, 9.17) is 0 Å². The predicted molar refractivity (Wildman–Crippen MR) is 87.4 cm³/mol. The maximum Gasteiger partial charge on any atom is 0.337 e. The van der Waals surface area contributed by atoms with Crippen LogP contribution in [-0.2, 0) is 0 Å². The summed E-state index contributed by atoms with van der Waals surface area (Å²) in [6, 6.07) is 4.77. The van der Waals surface area contributed by atoms with Crippen LogP contribution in [0.25, 0.3) is 0 Å². The lowest BCUT2D eigenvalue weighted by Gasteiger charge is -2.27. The summed E-state index contributed by atoms with van der Waals surface area (Å²) >= 11 is 1.68. The molecule has 1 aromatic rings. The molecule has 0 saturated carbocycles. The second-order valence-corrected chi connectivity index (χ2v) is 5.77. The van der Waals surface area contributed by atoms with Crippen molar-refractivity contribution in [3.05, 3.63) is 29.3 Å². The van der Waals surface area contributed by atoms with E-state index in [1.807, 2.05) is 13.2 Å². The van der Waals surface area contributed by atoms with E-state index in [0.29, 0.717) is 5.69 Å². The number of nitrogens with one attached hydrogen (secondary N) is 1. The SMILES string of the molecule is CCC(CSC)N(C)C(=O)Nc1c(C)cccc1C(=O)O. The Kier molecular flexibility index (Phi) is 6.55. The molecule has 0 saturated heterocycles. The highest BCUT2D eigenvalue weighted by molar-refractivity contribution is 7.98. The van der Waals surface area contributed by atoms with Gasteiger partial charge in [-0.3, -0.25) is 0 Å². The Labute approximate surface area is 129 Å². The van der Waals surface area contributed by atoms with Crippen LogP contribution in [0.3, 0.4) is 0 Å². The molecule has 5 nitrogen and oxygen atoms in total. The van der Waals surface area contributed by atoms with Crippen molar-refractivity contribution >= 4 is 29.4 Å². The average molecular weight is 310 g/mol. The highest BCUT2D eigenvalue weighted by Crippen LogP contribution is 2.21. The summed E-state index contributed by atoms with van der Waals surface area (Å²) in [6.07, 6.45) is 2.85. The number of carboxylic acid groups (broad SMARTS) is 1. The first-order valence-electron chi connectivity index (χ1n) is 6.78. The van der Waals surface area contributed by atoms with Crippen LogP contribution in [0, 0.1) is 6.92 Å². The van der Waals surface area contributed by atoms with E-state index in [2.05, 4.69) is 5.32 Å². The molecule has 116 valence electrons. The van der Waals surface area contributed by atoms with Crippen LogP contribution >= 0.6 is 11.8 Å². The number of rotatable bonds is 6. The van der Waals surface area contributed by atoms with Gasteiger partial charge in [-0.15, -0.1) is 0 Å². The van der Waals surface area contributed by atoms with E-state index in [-0.39, 0.29) is 17.6 Å². The predicted octanol–water partition coefficient (Wildman–Crippen LogP) is 3.30. The lowest BCUT2D eigenvalue weighted by molar-refractivity contribution is 0.0698. The molecule has 0 bridgehead atoms. The lowest BCUT2D eigenvalue weighted by Crippen LogP contribution is -2.41. The third-order valence-corrected chi connectivity index (χ3v) is 4.15. The Morgan fingerprint density at radius 1 is 1.43 bits per heavy atom. The Bertz CT molecular complexity index is 520. The molecule has 1 unspecified atom stereocenters. The molecule has 1 aromatic carbocycles. The molecule has 6 heteroatoms. The minimum Gasteiger partial charge on any atom is -0.478 e. The van der Waals surface area contributed by atoms with Gasteiger partial charge in [-0.25, -0.2) is 9.59 Å². The Balaban J connectivity index is 2.95. The van der Waals surface area contributed by atoms with Gasteiger partial charge in [-0.1, -0.05) is 19.1 Å². The van der Waals surface area contributed by atoms with E-state index in [0.717, 1.165) is 17.7 Å². The number of anilines is 1. The number of nitrogens with zero attached hydrogens (tertiary/aromatic N) is 1. The number of amides is 2. The topological polar surface area (TPSA) is 69.6 Å². The van der Waals surface area contributed by atoms with Crippen LogP contribution in [0.2, 0.25) is 0 Å². The number of carbonyl (C=O) groups is 2. The molecule has 0 aliphatic rings. The second-order valence-electron chi connectivity index (χ2n) is 4.86. The maximum absolute atomic E-state index is 12.3. The van der Waals surface area contributed by atoms with Crippen LogP contribution in [0.15, 0.2) is 18.2 Å². The molecule has 0 radical (unpaired) electrons. The van der Waals surface area contributed by atoms with E-state index >= 15 is 0 Å². The van der Waals surface area contributed by atoms with Crippen LogP contribution in [0.1, 0.15) is 29.3 Å². The molecule has 2 N–H and O–H groups in total. The highest BCUT2D eigenvalue weighted by atomic mass is 32.2. The number of carbonyl (C=O) groups excluding carboxylic acids is 1. The van der Waals surface area contributed by atoms with Crippen LogP contribution < -0.4 is 5.32 Å². The number of aryl methyl sites for hydroxylation is 1. The minimum atomic E-state index is -1.05. The van der Waals surface area contributed by atoms with Gasteiger partial charge in [0.05, 0.1) is 11.3 Å². The second kappa shape index (κ2) is 7.93. The minimum absolute atomic E-state index is 0.106. The number of para-hydroxylation sites is 1. The summed E-state index contributed by atoms with van der Waals surface area (Å²) < 4.78 is 0. The first kappa shape index (κ1) is 17.4. The normalized spacial score (nSPS) is 11.8. The third kappa shape index (κ3) is 4.39. The van der Waals surface area contributed by atoms with Crippen molar-refractivity contribution in [3.63, 3.8) is 0 Å². The van der Waals surface area contributed by atoms with Gasteiger partial charge >= 0.3 is 12.0 Å². The van der Waals surface area contributed by atoms with Gasteiger partial charge in [0.15, 0.2) is 0 Å². The van der Waals surface area contributed by atoms with Gasteiger partial charge in [0.25, 0.3) is 0 Å². The fraction of sp³-hybridized carbons (Fsp3) is 0.467. The first-order valence-corrected chi connectivity index (χ1v) is 8.17. The van der Waals surface area contributed by atoms with Crippen LogP contribution in [0.5, 0.6) is 0 Å². The van der Waals surface area contributed by atoms with E-state index < -0.39 is 5.97 Å². The standard InChI is InChI=1S/C15H22N2O3S/c1-5-11(9-21-4)17(3)15(20)16-13-10(2)7-6-8-12(13)14(18)19/h6-8,11H,5,9H2,1-4H3,(H,16,20)(H,18,19). The van der Waals surface area contributed by atoms with Gasteiger partial charge in [0.2, 0.25) is 0 Å². The molecule has 21 heavy (non-hydrogen) atoms. The van der Waals surface area contributed by atoms with Crippen molar-refractivity contribution in [2.75, 3.05) is 24.4 Å². The van der Waals surface area contributed by atoms with Gasteiger partial charge in [-0.2, -0.15) is 11.8 Å². The lowest BCUT2D eigenvalue weighted by atomic mass is 10.1. The number of thioether (sulfide) groups is 1. The molecule has 0 aliphatic heterocycles. The van der Waals surface area contributed by atoms with Gasteiger partial charge in [0, 0.05) is 18.8 Å². The molecule has 0 spiro atoms. The van der Waals surface area contributed by atoms with E-state index in [1.165, 1.54) is 6.07 Å². The number of aromatic carboxylic acids is 1. The number of urea groups is 1. The number of carboxylic acids is 1. The zero-order valence-electron chi connectivity index (χ0n) is 12.8. The molecule has 0 heterocycles. The molecule has 1 atom stereocenters. The van der Waals surface area contributed by atoms with Gasteiger partial charge in [-0.05, 0) is 31.2 Å². The molecule has 2 amide bonds. The molecule has 0 aromatic heterocycles. The average Bonchev–Trinajstić information content (AvgIpc) is 2.45. The summed E-state index contributed by atoms with van der Waals surface area (Å²) in [5.41, 5.74) is 1.20. The van der Waals surface area contributed by atoms with Crippen molar-refractivity contribution in [1.29, 1.82) is 0 Å². The smallest absolute Gasteiger partial charge is 0.337 e. The van der Waals surface area contributed by atoms with Crippen molar-refractivity contribution < 1.29 is 14.7 Å². The van der Waals surface area contributed by atoms with Crippen molar-refractivity contribution in [3.8, 4) is 0 Å². The highest BCUT2D eigenvalue weighted by Gasteiger charge is 2.20. The zero-order chi connectivity index (χ0) is 16.0. The zero-order valence-corrected chi connectivity index (χ0v) is 13.7. The fourth-order valence-corrected chi connectivity index (χ4v) is 2.91. The molecule has 0 fully saturated rings. The summed E-state index contributed by atoms with van der Waals surface area (Å²) in [5.74, 6) is -0.201. The Morgan fingerprint density at radius 2 is 2.10 bits per heavy atom.